The van der Waals surface area contributed by atoms with Gasteiger partial charge in [-0.05, 0) is 48.9 Å². The lowest BCUT2D eigenvalue weighted by Crippen LogP contribution is -2.40. The summed E-state index contributed by atoms with van der Waals surface area (Å²) in [7, 11) is 1.50. The summed E-state index contributed by atoms with van der Waals surface area (Å²) < 4.78 is 10.8. The summed E-state index contributed by atoms with van der Waals surface area (Å²) in [5.41, 5.74) is 1.06. The van der Waals surface area contributed by atoms with Crippen molar-refractivity contribution in [3.8, 4) is 5.75 Å². The Morgan fingerprint density at radius 2 is 1.57 bits per heavy atom. The molecule has 0 saturated heterocycles. The quantitative estimate of drug-likeness (QED) is 0.596. The number of methoxy groups -OCH3 is 1. The lowest BCUT2D eigenvalue weighted by Gasteiger charge is -2.24. The molecule has 1 atom stereocenters. The first-order valence-electron chi connectivity index (χ1n) is 9.19. The molecule has 3 rings (SSSR count). The first-order valence-corrected chi connectivity index (χ1v) is 9.19. The molecule has 0 aliphatic carbocycles. The highest BCUT2D eigenvalue weighted by atomic mass is 16.5. The lowest BCUT2D eigenvalue weighted by molar-refractivity contribution is -0.126. The Balaban J connectivity index is 1.82. The van der Waals surface area contributed by atoms with Crippen LogP contribution in [-0.4, -0.2) is 31.6 Å². The third-order valence-corrected chi connectivity index (χ3v) is 4.57. The molecule has 1 amide bonds. The van der Waals surface area contributed by atoms with Crippen molar-refractivity contribution in [1.29, 1.82) is 0 Å². The van der Waals surface area contributed by atoms with Crippen LogP contribution in [0.25, 0.3) is 10.8 Å². The fraction of sp³-hybridized carbons (Fsp3) is 0.217. The molecule has 0 unspecified atom stereocenters. The van der Waals surface area contributed by atoms with Crippen LogP contribution < -0.4 is 9.64 Å². The highest BCUT2D eigenvalue weighted by molar-refractivity contribution is 6.02. The van der Waals surface area contributed by atoms with Gasteiger partial charge in [-0.2, -0.15) is 0 Å². The molecule has 3 aromatic carbocycles. The number of para-hydroxylation sites is 1. The first-order chi connectivity index (χ1) is 13.5. The minimum Gasteiger partial charge on any atom is -0.496 e. The van der Waals surface area contributed by atoms with Crippen LogP contribution in [0.5, 0.6) is 5.75 Å². The van der Waals surface area contributed by atoms with Gasteiger partial charge in [-0.25, -0.2) is 4.79 Å². The molecule has 5 heteroatoms. The average molecular weight is 377 g/mol. The molecular formula is C23H23NO4. The van der Waals surface area contributed by atoms with Gasteiger partial charge in [0, 0.05) is 12.2 Å². The Morgan fingerprint density at radius 3 is 2.18 bits per heavy atom. The van der Waals surface area contributed by atoms with E-state index >= 15 is 0 Å². The number of fused-ring (bicyclic) bond motifs is 1. The molecule has 0 fully saturated rings. The van der Waals surface area contributed by atoms with Gasteiger partial charge >= 0.3 is 5.97 Å². The Bertz CT molecular complexity index is 984. The largest absolute Gasteiger partial charge is 0.496 e. The first kappa shape index (κ1) is 19.4. The van der Waals surface area contributed by atoms with Gasteiger partial charge in [0.2, 0.25) is 0 Å². The van der Waals surface area contributed by atoms with Gasteiger partial charge in [-0.3, -0.25) is 4.79 Å². The van der Waals surface area contributed by atoms with E-state index in [9.17, 15) is 9.59 Å². The molecule has 0 saturated carbocycles. The van der Waals surface area contributed by atoms with Crippen LogP contribution in [-0.2, 0) is 9.53 Å². The van der Waals surface area contributed by atoms with E-state index in [2.05, 4.69) is 0 Å². The molecule has 0 aromatic heterocycles. The molecule has 0 spiro atoms. The van der Waals surface area contributed by atoms with Crippen molar-refractivity contribution in [3.63, 3.8) is 0 Å². The van der Waals surface area contributed by atoms with Crippen molar-refractivity contribution in [2.24, 2.45) is 0 Å². The predicted molar refractivity (Wildman–Crippen MR) is 110 cm³/mol. The zero-order valence-electron chi connectivity index (χ0n) is 16.2. The fourth-order valence-corrected chi connectivity index (χ4v) is 3.12. The minimum atomic E-state index is -0.927. The van der Waals surface area contributed by atoms with Crippen molar-refractivity contribution in [3.05, 3.63) is 72.3 Å². The Morgan fingerprint density at radius 1 is 0.964 bits per heavy atom. The maximum Gasteiger partial charge on any atom is 0.342 e. The number of amides is 1. The van der Waals surface area contributed by atoms with Crippen LogP contribution in [0.4, 0.5) is 5.69 Å². The molecule has 5 nitrogen and oxygen atoms in total. The number of carbonyl (C=O) groups excluding carboxylic acids is 2. The smallest absolute Gasteiger partial charge is 0.342 e. The molecule has 0 heterocycles. The van der Waals surface area contributed by atoms with Crippen LogP contribution in [0, 0.1) is 0 Å². The van der Waals surface area contributed by atoms with Gasteiger partial charge in [-0.15, -0.1) is 0 Å². The number of carbonyl (C=O) groups is 2. The van der Waals surface area contributed by atoms with Crippen LogP contribution >= 0.6 is 0 Å². The van der Waals surface area contributed by atoms with Gasteiger partial charge in [-0.1, -0.05) is 42.5 Å². The van der Waals surface area contributed by atoms with Crippen molar-refractivity contribution in [2.75, 3.05) is 18.6 Å². The summed E-state index contributed by atoms with van der Waals surface area (Å²) in [5, 5.41) is 1.86. The third-order valence-electron chi connectivity index (χ3n) is 4.57. The van der Waals surface area contributed by atoms with E-state index in [1.54, 1.807) is 24.0 Å². The maximum atomic E-state index is 12.8. The number of hydrogen-bond acceptors (Lipinski definition) is 4. The number of benzene rings is 3. The average Bonchev–Trinajstić information content (AvgIpc) is 2.73. The van der Waals surface area contributed by atoms with Crippen LogP contribution in [0.2, 0.25) is 0 Å². The summed E-state index contributed by atoms with van der Waals surface area (Å²) in [6, 6.07) is 20.5. The van der Waals surface area contributed by atoms with E-state index in [0.717, 1.165) is 16.5 Å². The Hall–Kier alpha value is -3.34. The lowest BCUT2D eigenvalue weighted by atomic mass is 10.1. The molecule has 0 radical (unpaired) electrons. The monoisotopic (exact) mass is 377 g/mol. The van der Waals surface area contributed by atoms with Crippen LogP contribution in [0.15, 0.2) is 66.7 Å². The van der Waals surface area contributed by atoms with Gasteiger partial charge in [0.15, 0.2) is 6.10 Å². The zero-order chi connectivity index (χ0) is 20.1. The zero-order valence-corrected chi connectivity index (χ0v) is 16.2. The summed E-state index contributed by atoms with van der Waals surface area (Å²) >= 11 is 0. The summed E-state index contributed by atoms with van der Waals surface area (Å²) in [6.45, 7) is 3.94. The predicted octanol–water partition coefficient (Wildman–Crippen LogP) is 4.45. The second kappa shape index (κ2) is 8.57. The Labute approximate surface area is 164 Å². The fourth-order valence-electron chi connectivity index (χ4n) is 3.12. The van der Waals surface area contributed by atoms with Crippen LogP contribution in [0.3, 0.4) is 0 Å². The van der Waals surface area contributed by atoms with Gasteiger partial charge in [0.25, 0.3) is 5.91 Å². The topological polar surface area (TPSA) is 55.8 Å². The summed E-state index contributed by atoms with van der Waals surface area (Å²) in [4.78, 5) is 27.2. The highest BCUT2D eigenvalue weighted by Crippen LogP contribution is 2.27. The molecule has 0 aliphatic heterocycles. The van der Waals surface area contributed by atoms with E-state index in [1.165, 1.54) is 7.11 Å². The van der Waals surface area contributed by atoms with Crippen molar-refractivity contribution >= 4 is 28.3 Å². The van der Waals surface area contributed by atoms with Crippen LogP contribution in [0.1, 0.15) is 24.2 Å². The highest BCUT2D eigenvalue weighted by Gasteiger charge is 2.26. The van der Waals surface area contributed by atoms with E-state index in [0.29, 0.717) is 17.9 Å². The van der Waals surface area contributed by atoms with E-state index in [1.807, 2.05) is 61.5 Å². The van der Waals surface area contributed by atoms with E-state index < -0.39 is 12.1 Å². The second-order valence-electron chi connectivity index (χ2n) is 6.37. The maximum absolute atomic E-state index is 12.8. The number of anilines is 1. The van der Waals surface area contributed by atoms with Gasteiger partial charge < -0.3 is 14.4 Å². The van der Waals surface area contributed by atoms with E-state index in [-0.39, 0.29) is 5.91 Å². The molecule has 0 N–H and O–H groups in total. The standard InChI is InChI=1S/C23H23NO4/c1-4-24(19-12-6-5-7-13-19)22(25)16(2)28-23(26)20-14-17-10-8-9-11-18(17)15-21(20)27-3/h5-16H,4H2,1-3H3/t16-/m1/s1. The SMILES string of the molecule is CCN(C(=O)[C@@H](C)OC(=O)c1cc2ccccc2cc1OC)c1ccccc1. The number of rotatable bonds is 6. The Kier molecular flexibility index (Phi) is 5.94. The van der Waals surface area contributed by atoms with Crippen molar-refractivity contribution in [2.45, 2.75) is 20.0 Å². The molecule has 28 heavy (non-hydrogen) atoms. The number of likely N-dealkylation sites (N-methyl/N-ethyl adjacent to an activating group) is 1. The second-order valence-corrected chi connectivity index (χ2v) is 6.37. The summed E-state index contributed by atoms with van der Waals surface area (Å²) in [5.74, 6) is -0.451. The molecule has 0 bridgehead atoms. The number of ether oxygens (including phenoxy) is 2. The van der Waals surface area contributed by atoms with Crippen molar-refractivity contribution in [1.82, 2.24) is 0 Å². The minimum absolute atomic E-state index is 0.276. The van der Waals surface area contributed by atoms with Gasteiger partial charge in [0.05, 0.1) is 7.11 Å². The molecule has 3 aromatic rings. The normalized spacial score (nSPS) is 11.7. The summed E-state index contributed by atoms with van der Waals surface area (Å²) in [6.07, 6.45) is -0.927. The number of nitrogens with zero attached hydrogens (tertiary/aromatic N) is 1. The van der Waals surface area contributed by atoms with E-state index in [4.69, 9.17) is 9.47 Å². The molecular weight excluding hydrogens is 354 g/mol. The van der Waals surface area contributed by atoms with Crippen molar-refractivity contribution < 1.29 is 19.1 Å². The van der Waals surface area contributed by atoms with Gasteiger partial charge in [0.1, 0.15) is 11.3 Å². The number of hydrogen-bond donors (Lipinski definition) is 0. The molecule has 144 valence electrons. The molecule has 0 aliphatic rings. The third kappa shape index (κ3) is 3.98. The number of esters is 1.